The summed E-state index contributed by atoms with van der Waals surface area (Å²) in [6.45, 7) is 2.28. The number of likely N-dealkylation sites (tertiary alicyclic amines) is 1. The maximum atomic E-state index is 13.1. The predicted molar refractivity (Wildman–Crippen MR) is 119 cm³/mol. The lowest BCUT2D eigenvalue weighted by Gasteiger charge is -2.24. The van der Waals surface area contributed by atoms with Crippen LogP contribution >= 0.6 is 11.3 Å². The molecule has 1 N–H and O–H groups in total. The maximum absolute atomic E-state index is 13.1. The van der Waals surface area contributed by atoms with Crippen LogP contribution in [0.15, 0.2) is 71.6 Å². The van der Waals surface area contributed by atoms with Gasteiger partial charge in [-0.05, 0) is 47.7 Å². The molecule has 1 saturated heterocycles. The quantitative estimate of drug-likeness (QED) is 0.370. The number of nitrogens with zero attached hydrogens (tertiary/aromatic N) is 1. The van der Waals surface area contributed by atoms with E-state index in [1.54, 1.807) is 11.0 Å². The van der Waals surface area contributed by atoms with Gasteiger partial charge in [0.2, 0.25) is 0 Å². The standard InChI is InChI=1S/C25H21NO4S/c1-15-12-18-13-17(9-10-19(18)30-15)23(27)21-22(20-8-5-11-31-20)26(25(29)24(21)28)14-16-6-3-2-4-7-16/h2-11,13,15,22,27H,12,14H2,1H3/t15-,22-/m1/s1. The topological polar surface area (TPSA) is 66.8 Å². The number of ketones is 1. The van der Waals surface area contributed by atoms with E-state index in [0.29, 0.717) is 12.1 Å². The molecule has 156 valence electrons. The van der Waals surface area contributed by atoms with Crippen molar-refractivity contribution in [3.8, 4) is 5.75 Å². The Bertz CT molecular complexity index is 1180. The third-order valence-electron chi connectivity index (χ3n) is 5.72. The molecule has 2 aliphatic heterocycles. The lowest BCUT2D eigenvalue weighted by atomic mass is 9.98. The van der Waals surface area contributed by atoms with Crippen molar-refractivity contribution in [1.29, 1.82) is 0 Å². The van der Waals surface area contributed by atoms with Crippen LogP contribution in [0, 0.1) is 0 Å². The number of hydrogen-bond donors (Lipinski definition) is 1. The van der Waals surface area contributed by atoms with Gasteiger partial charge in [-0.2, -0.15) is 0 Å². The Kier molecular flexibility index (Phi) is 4.87. The van der Waals surface area contributed by atoms with E-state index in [-0.39, 0.29) is 17.4 Å². The molecular formula is C25H21NO4S. The molecule has 31 heavy (non-hydrogen) atoms. The average molecular weight is 432 g/mol. The summed E-state index contributed by atoms with van der Waals surface area (Å²) < 4.78 is 5.74. The van der Waals surface area contributed by atoms with Gasteiger partial charge in [0.1, 0.15) is 17.6 Å². The van der Waals surface area contributed by atoms with Crippen molar-refractivity contribution in [1.82, 2.24) is 4.90 Å². The molecule has 2 atom stereocenters. The number of thiophene rings is 1. The summed E-state index contributed by atoms with van der Waals surface area (Å²) in [4.78, 5) is 28.5. The number of carbonyl (C=O) groups excluding carboxylic acids is 2. The first-order chi connectivity index (χ1) is 15.0. The SMILES string of the molecule is C[C@@H]1Cc2cc(C(O)=C3C(=O)C(=O)N(Cc4ccccc4)[C@@H]3c3cccs3)ccc2O1. The molecule has 3 aromatic rings. The monoisotopic (exact) mass is 431 g/mol. The number of rotatable bonds is 4. The highest BCUT2D eigenvalue weighted by atomic mass is 32.1. The first kappa shape index (κ1) is 19.6. The zero-order chi connectivity index (χ0) is 21.5. The fraction of sp³-hybridized carbons (Fsp3) is 0.200. The molecule has 3 heterocycles. The molecule has 0 spiro atoms. The summed E-state index contributed by atoms with van der Waals surface area (Å²) in [6, 6.07) is 18.1. The van der Waals surface area contributed by atoms with E-state index in [0.717, 1.165) is 28.2 Å². The van der Waals surface area contributed by atoms with E-state index in [1.165, 1.54) is 11.3 Å². The summed E-state index contributed by atoms with van der Waals surface area (Å²) in [6.07, 6.45) is 0.822. The third kappa shape index (κ3) is 3.43. The molecule has 5 nitrogen and oxygen atoms in total. The van der Waals surface area contributed by atoms with Crippen molar-refractivity contribution < 1.29 is 19.4 Å². The highest BCUT2D eigenvalue weighted by Crippen LogP contribution is 2.42. The molecule has 5 rings (SSSR count). The van der Waals surface area contributed by atoms with Gasteiger partial charge in [0.05, 0.1) is 11.6 Å². The number of carbonyl (C=O) groups is 2. The summed E-state index contributed by atoms with van der Waals surface area (Å²) >= 11 is 1.46. The van der Waals surface area contributed by atoms with Crippen LogP contribution in [0.2, 0.25) is 0 Å². The fourth-order valence-corrected chi connectivity index (χ4v) is 5.14. The first-order valence-electron chi connectivity index (χ1n) is 10.2. The van der Waals surface area contributed by atoms with E-state index >= 15 is 0 Å². The highest BCUT2D eigenvalue weighted by molar-refractivity contribution is 7.10. The number of ether oxygens (including phenoxy) is 1. The Morgan fingerprint density at radius 2 is 1.94 bits per heavy atom. The van der Waals surface area contributed by atoms with Crippen molar-refractivity contribution in [3.05, 3.63) is 93.2 Å². The van der Waals surface area contributed by atoms with Gasteiger partial charge in [0.25, 0.3) is 11.7 Å². The summed E-state index contributed by atoms with van der Waals surface area (Å²) in [7, 11) is 0. The lowest BCUT2D eigenvalue weighted by molar-refractivity contribution is -0.140. The van der Waals surface area contributed by atoms with Crippen molar-refractivity contribution in [3.63, 3.8) is 0 Å². The molecule has 2 aliphatic rings. The number of aliphatic hydroxyl groups excluding tert-OH is 1. The van der Waals surface area contributed by atoms with Crippen molar-refractivity contribution in [2.75, 3.05) is 0 Å². The molecule has 1 aromatic heterocycles. The minimum absolute atomic E-state index is 0.0787. The highest BCUT2D eigenvalue weighted by Gasteiger charge is 2.46. The first-order valence-corrected chi connectivity index (χ1v) is 11.1. The Morgan fingerprint density at radius 3 is 2.68 bits per heavy atom. The molecule has 0 saturated carbocycles. The van der Waals surface area contributed by atoms with Crippen LogP contribution in [-0.2, 0) is 22.6 Å². The van der Waals surface area contributed by atoms with Crippen LogP contribution in [0.25, 0.3) is 5.76 Å². The number of hydrogen-bond acceptors (Lipinski definition) is 5. The molecule has 0 bridgehead atoms. The zero-order valence-corrected chi connectivity index (χ0v) is 17.8. The normalized spacial score (nSPS) is 21.9. The van der Waals surface area contributed by atoms with Crippen molar-refractivity contribution in [2.24, 2.45) is 0 Å². The van der Waals surface area contributed by atoms with Gasteiger partial charge in [-0.1, -0.05) is 36.4 Å². The summed E-state index contributed by atoms with van der Waals surface area (Å²) in [5.74, 6) is -0.600. The number of benzene rings is 2. The Balaban J connectivity index is 1.60. The maximum Gasteiger partial charge on any atom is 0.295 e. The average Bonchev–Trinajstić information content (AvgIpc) is 3.48. The van der Waals surface area contributed by atoms with Gasteiger partial charge in [-0.3, -0.25) is 9.59 Å². The second kappa shape index (κ2) is 7.71. The van der Waals surface area contributed by atoms with Crippen LogP contribution in [-0.4, -0.2) is 27.8 Å². The minimum Gasteiger partial charge on any atom is -0.507 e. The van der Waals surface area contributed by atoms with Gasteiger partial charge < -0.3 is 14.7 Å². The van der Waals surface area contributed by atoms with Gasteiger partial charge in [-0.25, -0.2) is 0 Å². The van der Waals surface area contributed by atoms with Gasteiger partial charge in [0.15, 0.2) is 0 Å². The smallest absolute Gasteiger partial charge is 0.295 e. The molecule has 1 fully saturated rings. The second-order valence-corrected chi connectivity index (χ2v) is 8.86. The zero-order valence-electron chi connectivity index (χ0n) is 16.9. The third-order valence-corrected chi connectivity index (χ3v) is 6.64. The van der Waals surface area contributed by atoms with Crippen LogP contribution < -0.4 is 4.74 Å². The van der Waals surface area contributed by atoms with Crippen molar-refractivity contribution >= 4 is 28.8 Å². The largest absolute Gasteiger partial charge is 0.507 e. The molecule has 1 amide bonds. The summed E-state index contributed by atoms with van der Waals surface area (Å²) in [5, 5.41) is 13.1. The van der Waals surface area contributed by atoms with E-state index < -0.39 is 17.7 Å². The van der Waals surface area contributed by atoms with E-state index in [4.69, 9.17) is 4.74 Å². The Labute approximate surface area is 184 Å². The number of aliphatic hydroxyl groups is 1. The van der Waals surface area contributed by atoms with E-state index in [1.807, 2.05) is 66.9 Å². The Hall–Kier alpha value is -3.38. The van der Waals surface area contributed by atoms with E-state index in [9.17, 15) is 14.7 Å². The molecular weight excluding hydrogens is 410 g/mol. The Morgan fingerprint density at radius 1 is 1.13 bits per heavy atom. The molecule has 0 radical (unpaired) electrons. The van der Waals surface area contributed by atoms with E-state index in [2.05, 4.69) is 0 Å². The van der Waals surface area contributed by atoms with Gasteiger partial charge in [0, 0.05) is 23.4 Å². The van der Waals surface area contributed by atoms with Gasteiger partial charge >= 0.3 is 0 Å². The molecule has 6 heteroatoms. The van der Waals surface area contributed by atoms with Gasteiger partial charge in [-0.15, -0.1) is 11.3 Å². The van der Waals surface area contributed by atoms with Crippen LogP contribution in [0.3, 0.4) is 0 Å². The number of Topliss-reactive ketones (excluding diaryl/α,β-unsaturated/α-hetero) is 1. The molecule has 2 aromatic carbocycles. The van der Waals surface area contributed by atoms with Crippen LogP contribution in [0.1, 0.15) is 34.5 Å². The fourth-order valence-electron chi connectivity index (χ4n) is 4.29. The number of fused-ring (bicyclic) bond motifs is 1. The van der Waals surface area contributed by atoms with Crippen molar-refractivity contribution in [2.45, 2.75) is 32.0 Å². The van der Waals surface area contributed by atoms with Crippen LogP contribution in [0.4, 0.5) is 0 Å². The predicted octanol–water partition coefficient (Wildman–Crippen LogP) is 4.69. The molecule has 0 unspecified atom stereocenters. The molecule has 0 aliphatic carbocycles. The van der Waals surface area contributed by atoms with Crippen LogP contribution in [0.5, 0.6) is 5.75 Å². The lowest BCUT2D eigenvalue weighted by Crippen LogP contribution is -2.28. The summed E-state index contributed by atoms with van der Waals surface area (Å²) in [5.41, 5.74) is 2.57. The number of amides is 1. The second-order valence-electron chi connectivity index (χ2n) is 7.88. The minimum atomic E-state index is -0.656.